The predicted molar refractivity (Wildman–Crippen MR) is 77.0 cm³/mol. The molecule has 2 heterocycles. The second kappa shape index (κ2) is 5.06. The molecule has 0 aliphatic carbocycles. The van der Waals surface area contributed by atoms with E-state index in [2.05, 4.69) is 57.4 Å². The van der Waals surface area contributed by atoms with Crippen molar-refractivity contribution in [3.8, 4) is 11.4 Å². The van der Waals surface area contributed by atoms with E-state index in [9.17, 15) is 0 Å². The number of hydrogen-bond acceptors (Lipinski definition) is 4. The first-order valence-electron chi connectivity index (χ1n) is 6.44. The maximum atomic E-state index is 5.33. The Hall–Kier alpha value is -1.20. The van der Waals surface area contributed by atoms with Gasteiger partial charge in [0.05, 0.1) is 0 Å². The molecule has 1 fully saturated rings. The molecule has 19 heavy (non-hydrogen) atoms. The van der Waals surface area contributed by atoms with Gasteiger partial charge in [-0.05, 0) is 56.1 Å². The molecule has 0 atom stereocenters. The van der Waals surface area contributed by atoms with Gasteiger partial charge >= 0.3 is 0 Å². The first kappa shape index (κ1) is 12.8. The Labute approximate surface area is 120 Å². The van der Waals surface area contributed by atoms with Crippen LogP contribution in [0.4, 0.5) is 0 Å². The molecular weight excluding hydrogens is 306 g/mol. The first-order chi connectivity index (χ1) is 9.13. The molecule has 0 saturated carbocycles. The summed E-state index contributed by atoms with van der Waals surface area (Å²) >= 11 is 3.57. The average molecular weight is 322 g/mol. The van der Waals surface area contributed by atoms with E-state index < -0.39 is 0 Å². The van der Waals surface area contributed by atoms with Crippen LogP contribution in [0.3, 0.4) is 0 Å². The summed E-state index contributed by atoms with van der Waals surface area (Å²) in [7, 11) is 0. The maximum Gasteiger partial charge on any atom is 0.227 e. The molecule has 1 aliphatic rings. The maximum absolute atomic E-state index is 5.33. The highest BCUT2D eigenvalue weighted by Crippen LogP contribution is 2.27. The predicted octanol–water partition coefficient (Wildman–Crippen LogP) is 2.88. The van der Waals surface area contributed by atoms with Crippen molar-refractivity contribution in [1.29, 1.82) is 0 Å². The molecule has 1 aromatic carbocycles. The van der Waals surface area contributed by atoms with Gasteiger partial charge in [0.1, 0.15) is 0 Å². The van der Waals surface area contributed by atoms with E-state index in [0.29, 0.717) is 11.7 Å². The molecule has 4 nitrogen and oxygen atoms in total. The summed E-state index contributed by atoms with van der Waals surface area (Å²) in [6.45, 7) is 6.24. The standard InChI is InChI=1S/C14H16BrN3O/c1-8-3-11(4-9(2)13(8)15)14-17-12(19-18-14)5-10-6-16-7-10/h3-4,10,16H,5-7H2,1-2H3. The SMILES string of the molecule is Cc1cc(-c2noc(CC3CNC3)n2)cc(C)c1Br. The van der Waals surface area contributed by atoms with Crippen molar-refractivity contribution in [3.05, 3.63) is 33.6 Å². The largest absolute Gasteiger partial charge is 0.339 e. The number of aromatic nitrogens is 2. The van der Waals surface area contributed by atoms with E-state index >= 15 is 0 Å². The third-order valence-electron chi connectivity index (χ3n) is 3.49. The lowest BCUT2D eigenvalue weighted by atomic mass is 10.00. The molecule has 0 amide bonds. The lowest BCUT2D eigenvalue weighted by Crippen LogP contribution is -2.43. The number of nitrogens with one attached hydrogen (secondary N) is 1. The van der Waals surface area contributed by atoms with Crippen LogP contribution in [-0.4, -0.2) is 23.2 Å². The number of rotatable bonds is 3. The van der Waals surface area contributed by atoms with Crippen molar-refractivity contribution < 1.29 is 4.52 Å². The van der Waals surface area contributed by atoms with Gasteiger partial charge in [-0.3, -0.25) is 0 Å². The summed E-state index contributed by atoms with van der Waals surface area (Å²) in [6, 6.07) is 4.16. The van der Waals surface area contributed by atoms with Crippen LogP contribution in [0.5, 0.6) is 0 Å². The molecule has 100 valence electrons. The van der Waals surface area contributed by atoms with Crippen LogP contribution >= 0.6 is 15.9 Å². The van der Waals surface area contributed by atoms with Crippen molar-refractivity contribution in [3.63, 3.8) is 0 Å². The Balaban J connectivity index is 1.85. The van der Waals surface area contributed by atoms with Crippen LogP contribution in [0.2, 0.25) is 0 Å². The molecule has 0 unspecified atom stereocenters. The third kappa shape index (κ3) is 2.58. The highest BCUT2D eigenvalue weighted by Gasteiger charge is 2.20. The molecule has 3 rings (SSSR count). The number of hydrogen-bond donors (Lipinski definition) is 1. The van der Waals surface area contributed by atoms with Gasteiger partial charge in [0.15, 0.2) is 0 Å². The van der Waals surface area contributed by atoms with Gasteiger partial charge in [-0.15, -0.1) is 0 Å². The topological polar surface area (TPSA) is 51.0 Å². The van der Waals surface area contributed by atoms with E-state index in [4.69, 9.17) is 4.52 Å². The number of halogens is 1. The summed E-state index contributed by atoms with van der Waals surface area (Å²) in [5.74, 6) is 2.06. The van der Waals surface area contributed by atoms with Gasteiger partial charge in [0.25, 0.3) is 0 Å². The number of benzene rings is 1. The Kier molecular flexibility index (Phi) is 3.41. The lowest BCUT2D eigenvalue weighted by molar-refractivity contribution is 0.296. The molecule has 5 heteroatoms. The van der Waals surface area contributed by atoms with E-state index in [1.54, 1.807) is 0 Å². The summed E-state index contributed by atoms with van der Waals surface area (Å²) < 4.78 is 6.47. The van der Waals surface area contributed by atoms with Crippen molar-refractivity contribution in [2.75, 3.05) is 13.1 Å². The molecular formula is C14H16BrN3O. The van der Waals surface area contributed by atoms with E-state index in [1.807, 2.05) is 0 Å². The minimum absolute atomic E-state index is 0.640. The molecule has 1 N–H and O–H groups in total. The van der Waals surface area contributed by atoms with Gasteiger partial charge in [-0.2, -0.15) is 4.98 Å². The molecule has 0 radical (unpaired) electrons. The van der Waals surface area contributed by atoms with Crippen molar-refractivity contribution >= 4 is 15.9 Å². The zero-order chi connectivity index (χ0) is 13.4. The van der Waals surface area contributed by atoms with Gasteiger partial charge in [0, 0.05) is 16.5 Å². The van der Waals surface area contributed by atoms with Crippen LogP contribution in [0, 0.1) is 19.8 Å². The molecule has 1 aromatic heterocycles. The summed E-state index contributed by atoms with van der Waals surface area (Å²) in [5, 5.41) is 7.33. The number of nitrogens with zero attached hydrogens (tertiary/aromatic N) is 2. The molecule has 1 aliphatic heterocycles. The van der Waals surface area contributed by atoms with E-state index in [1.165, 1.54) is 11.1 Å². The average Bonchev–Trinajstić information content (AvgIpc) is 2.79. The second-order valence-corrected chi connectivity index (χ2v) is 5.96. The molecule has 0 spiro atoms. The Bertz CT molecular complexity index is 581. The van der Waals surface area contributed by atoms with Crippen molar-refractivity contribution in [1.82, 2.24) is 15.5 Å². The van der Waals surface area contributed by atoms with Crippen molar-refractivity contribution in [2.24, 2.45) is 5.92 Å². The third-order valence-corrected chi connectivity index (χ3v) is 4.74. The Morgan fingerprint density at radius 1 is 1.32 bits per heavy atom. The van der Waals surface area contributed by atoms with Crippen LogP contribution < -0.4 is 5.32 Å². The quantitative estimate of drug-likeness (QED) is 0.944. The van der Waals surface area contributed by atoms with Gasteiger partial charge in [-0.25, -0.2) is 0 Å². The van der Waals surface area contributed by atoms with Crippen LogP contribution in [0.1, 0.15) is 17.0 Å². The smallest absolute Gasteiger partial charge is 0.227 e. The normalized spacial score (nSPS) is 15.5. The monoisotopic (exact) mass is 321 g/mol. The highest BCUT2D eigenvalue weighted by molar-refractivity contribution is 9.10. The summed E-state index contributed by atoms with van der Waals surface area (Å²) in [5.41, 5.74) is 3.38. The second-order valence-electron chi connectivity index (χ2n) is 5.16. The summed E-state index contributed by atoms with van der Waals surface area (Å²) in [4.78, 5) is 4.49. The molecule has 0 bridgehead atoms. The number of aryl methyl sites for hydroxylation is 2. The van der Waals surface area contributed by atoms with Crippen molar-refractivity contribution in [2.45, 2.75) is 20.3 Å². The van der Waals surface area contributed by atoms with Crippen LogP contribution in [-0.2, 0) is 6.42 Å². The lowest BCUT2D eigenvalue weighted by Gasteiger charge is -2.25. The first-order valence-corrected chi connectivity index (χ1v) is 7.23. The Morgan fingerprint density at radius 2 is 2.00 bits per heavy atom. The van der Waals surface area contributed by atoms with Crippen LogP contribution in [0.25, 0.3) is 11.4 Å². The highest BCUT2D eigenvalue weighted by atomic mass is 79.9. The fourth-order valence-electron chi connectivity index (χ4n) is 2.27. The van der Waals surface area contributed by atoms with E-state index in [-0.39, 0.29) is 0 Å². The minimum atomic E-state index is 0.640. The van der Waals surface area contributed by atoms with Gasteiger partial charge in [0.2, 0.25) is 11.7 Å². The molecule has 1 saturated heterocycles. The van der Waals surface area contributed by atoms with Gasteiger partial charge in [-0.1, -0.05) is 21.1 Å². The fourth-order valence-corrected chi connectivity index (χ4v) is 2.50. The zero-order valence-electron chi connectivity index (χ0n) is 11.0. The molecule has 2 aromatic rings. The Morgan fingerprint density at radius 3 is 2.58 bits per heavy atom. The van der Waals surface area contributed by atoms with Crippen LogP contribution in [0.15, 0.2) is 21.1 Å². The summed E-state index contributed by atoms with van der Waals surface area (Å²) in [6.07, 6.45) is 0.870. The van der Waals surface area contributed by atoms with Gasteiger partial charge < -0.3 is 9.84 Å². The fraction of sp³-hybridized carbons (Fsp3) is 0.429. The van der Waals surface area contributed by atoms with E-state index in [0.717, 1.165) is 35.4 Å². The minimum Gasteiger partial charge on any atom is -0.339 e. The zero-order valence-corrected chi connectivity index (χ0v) is 12.6.